The van der Waals surface area contributed by atoms with Gasteiger partial charge in [0.15, 0.2) is 0 Å². The van der Waals surface area contributed by atoms with Gasteiger partial charge in [0.1, 0.15) is 11.8 Å². The zero-order chi connectivity index (χ0) is 11.3. The fourth-order valence-electron chi connectivity index (χ4n) is 2.77. The highest BCUT2D eigenvalue weighted by Gasteiger charge is 2.48. The fraction of sp³-hybridized carbons (Fsp3) is 0.462. The molecule has 88 valence electrons. The van der Waals surface area contributed by atoms with E-state index < -0.39 is 0 Å². The maximum atomic E-state index is 6.34. The lowest BCUT2D eigenvalue weighted by molar-refractivity contribution is -0.119. The molecule has 1 spiro atoms. The standard InChI is InChI=1S/C13H14N2OS/c1-2-5-11-10(4-1)12(15-6-3-7-15)16-13(11)8-14-17-9-13/h1-2,4-5,8,12H,3,6-7,9H2. The molecule has 0 aromatic heterocycles. The van der Waals surface area contributed by atoms with Gasteiger partial charge in [-0.05, 0) is 23.9 Å². The molecule has 1 fully saturated rings. The first-order valence-corrected chi connectivity index (χ1v) is 7.01. The van der Waals surface area contributed by atoms with Crippen molar-refractivity contribution < 1.29 is 4.74 Å². The van der Waals surface area contributed by atoms with Crippen LogP contribution in [0.4, 0.5) is 0 Å². The number of fused-ring (bicyclic) bond motifs is 2. The summed E-state index contributed by atoms with van der Waals surface area (Å²) in [4.78, 5) is 2.41. The van der Waals surface area contributed by atoms with Crippen molar-refractivity contribution in [2.45, 2.75) is 18.2 Å². The summed E-state index contributed by atoms with van der Waals surface area (Å²) < 4.78 is 10.6. The summed E-state index contributed by atoms with van der Waals surface area (Å²) in [5.74, 6) is 0.911. The highest BCUT2D eigenvalue weighted by atomic mass is 32.2. The molecule has 3 nitrogen and oxygen atoms in total. The van der Waals surface area contributed by atoms with Crippen molar-refractivity contribution in [1.82, 2.24) is 4.90 Å². The van der Waals surface area contributed by atoms with Gasteiger partial charge in [-0.25, -0.2) is 4.40 Å². The molecule has 2 atom stereocenters. The summed E-state index contributed by atoms with van der Waals surface area (Å²) in [5.41, 5.74) is 2.38. The normalized spacial score (nSPS) is 35.2. The maximum absolute atomic E-state index is 6.34. The van der Waals surface area contributed by atoms with Crippen LogP contribution in [0.5, 0.6) is 0 Å². The fourth-order valence-corrected chi connectivity index (χ4v) is 3.58. The van der Waals surface area contributed by atoms with Crippen LogP contribution in [0.25, 0.3) is 0 Å². The van der Waals surface area contributed by atoms with E-state index in [2.05, 4.69) is 33.6 Å². The molecule has 0 N–H and O–H groups in total. The topological polar surface area (TPSA) is 24.8 Å². The summed E-state index contributed by atoms with van der Waals surface area (Å²) in [6, 6.07) is 8.59. The SMILES string of the molecule is C1=NSCC12OC(N1CCC1)c1ccccc12. The van der Waals surface area contributed by atoms with Crippen molar-refractivity contribution in [2.24, 2.45) is 4.40 Å². The second-order valence-corrected chi connectivity index (χ2v) is 5.60. The van der Waals surface area contributed by atoms with E-state index in [4.69, 9.17) is 4.74 Å². The molecular weight excluding hydrogens is 232 g/mol. The third kappa shape index (κ3) is 1.35. The van der Waals surface area contributed by atoms with E-state index in [9.17, 15) is 0 Å². The van der Waals surface area contributed by atoms with Gasteiger partial charge in [0, 0.05) is 18.7 Å². The van der Waals surface area contributed by atoms with Crippen LogP contribution in [0.15, 0.2) is 28.7 Å². The lowest BCUT2D eigenvalue weighted by atomic mass is 9.94. The largest absolute Gasteiger partial charge is 0.341 e. The van der Waals surface area contributed by atoms with E-state index >= 15 is 0 Å². The Bertz CT molecular complexity index is 486. The summed E-state index contributed by atoms with van der Waals surface area (Å²) >= 11 is 1.60. The van der Waals surface area contributed by atoms with Gasteiger partial charge < -0.3 is 4.74 Å². The molecule has 0 amide bonds. The minimum absolute atomic E-state index is 0.144. The number of ether oxygens (including phenoxy) is 1. The number of likely N-dealkylation sites (tertiary alicyclic amines) is 1. The van der Waals surface area contributed by atoms with Crippen molar-refractivity contribution in [1.29, 1.82) is 0 Å². The number of benzene rings is 1. The minimum atomic E-state index is -0.262. The predicted octanol–water partition coefficient (Wildman–Crippen LogP) is 2.35. The van der Waals surface area contributed by atoms with E-state index in [-0.39, 0.29) is 11.8 Å². The van der Waals surface area contributed by atoms with Crippen LogP contribution in [-0.2, 0) is 10.3 Å². The van der Waals surface area contributed by atoms with Gasteiger partial charge in [-0.3, -0.25) is 4.90 Å². The molecule has 0 bridgehead atoms. The van der Waals surface area contributed by atoms with Gasteiger partial charge >= 0.3 is 0 Å². The zero-order valence-electron chi connectivity index (χ0n) is 9.50. The van der Waals surface area contributed by atoms with Crippen LogP contribution in [-0.4, -0.2) is 30.0 Å². The first kappa shape index (κ1) is 10.1. The molecule has 1 saturated heterocycles. The molecular formula is C13H14N2OS. The molecule has 3 aliphatic rings. The van der Waals surface area contributed by atoms with Crippen molar-refractivity contribution in [3.8, 4) is 0 Å². The highest BCUT2D eigenvalue weighted by Crippen LogP contribution is 2.48. The highest BCUT2D eigenvalue weighted by molar-refractivity contribution is 7.98. The van der Waals surface area contributed by atoms with Crippen LogP contribution in [0, 0.1) is 0 Å². The van der Waals surface area contributed by atoms with Crippen LogP contribution in [0.2, 0.25) is 0 Å². The minimum Gasteiger partial charge on any atom is -0.341 e. The van der Waals surface area contributed by atoms with Crippen molar-refractivity contribution >= 4 is 18.2 Å². The van der Waals surface area contributed by atoms with Gasteiger partial charge in [0.05, 0.1) is 12.0 Å². The molecule has 1 aromatic rings. The van der Waals surface area contributed by atoms with Crippen molar-refractivity contribution in [2.75, 3.05) is 18.8 Å². The number of rotatable bonds is 1. The van der Waals surface area contributed by atoms with Crippen LogP contribution < -0.4 is 0 Å². The Labute approximate surface area is 105 Å². The number of hydrogen-bond donors (Lipinski definition) is 0. The van der Waals surface area contributed by atoms with E-state index in [0.29, 0.717) is 0 Å². The Kier molecular flexibility index (Phi) is 2.13. The van der Waals surface area contributed by atoms with Crippen LogP contribution >= 0.6 is 11.9 Å². The monoisotopic (exact) mass is 246 g/mol. The summed E-state index contributed by atoms with van der Waals surface area (Å²) in [6.07, 6.45) is 3.42. The Morgan fingerprint density at radius 3 is 2.94 bits per heavy atom. The van der Waals surface area contributed by atoms with Crippen molar-refractivity contribution in [3.05, 3.63) is 35.4 Å². The van der Waals surface area contributed by atoms with E-state index in [1.165, 1.54) is 17.5 Å². The lowest BCUT2D eigenvalue weighted by Gasteiger charge is -2.37. The predicted molar refractivity (Wildman–Crippen MR) is 69.1 cm³/mol. The van der Waals surface area contributed by atoms with Gasteiger partial charge in [-0.1, -0.05) is 24.3 Å². The van der Waals surface area contributed by atoms with Gasteiger partial charge in [0.25, 0.3) is 0 Å². The van der Waals surface area contributed by atoms with Crippen LogP contribution in [0.3, 0.4) is 0 Å². The summed E-state index contributed by atoms with van der Waals surface area (Å²) in [6.45, 7) is 2.30. The van der Waals surface area contributed by atoms with E-state index in [1.54, 1.807) is 11.9 Å². The van der Waals surface area contributed by atoms with Gasteiger partial charge in [-0.15, -0.1) is 0 Å². The Morgan fingerprint density at radius 2 is 2.24 bits per heavy atom. The molecule has 17 heavy (non-hydrogen) atoms. The van der Waals surface area contributed by atoms with E-state index in [0.717, 1.165) is 18.8 Å². The average molecular weight is 246 g/mol. The first-order valence-electron chi connectivity index (χ1n) is 6.07. The number of nitrogens with zero attached hydrogens (tertiary/aromatic N) is 2. The zero-order valence-corrected chi connectivity index (χ0v) is 10.3. The number of hydrogen-bond acceptors (Lipinski definition) is 4. The van der Waals surface area contributed by atoms with E-state index in [1.807, 2.05) is 6.21 Å². The lowest BCUT2D eigenvalue weighted by Crippen LogP contribution is -2.41. The summed E-state index contributed by atoms with van der Waals surface area (Å²) in [5, 5.41) is 0. The molecule has 0 aliphatic carbocycles. The maximum Gasteiger partial charge on any atom is 0.142 e. The molecule has 1 aromatic carbocycles. The average Bonchev–Trinajstić information content (AvgIpc) is 2.86. The third-order valence-corrected chi connectivity index (χ3v) is 4.65. The second-order valence-electron chi connectivity index (χ2n) is 4.84. The van der Waals surface area contributed by atoms with Crippen LogP contribution in [0.1, 0.15) is 23.8 Å². The Balaban J connectivity index is 1.80. The molecule has 3 heterocycles. The van der Waals surface area contributed by atoms with Gasteiger partial charge in [0.2, 0.25) is 0 Å². The van der Waals surface area contributed by atoms with Gasteiger partial charge in [-0.2, -0.15) is 0 Å². The Hall–Kier alpha value is -0.840. The van der Waals surface area contributed by atoms with Crippen molar-refractivity contribution in [3.63, 3.8) is 0 Å². The molecule has 0 radical (unpaired) electrons. The quantitative estimate of drug-likeness (QED) is 0.711. The summed E-state index contributed by atoms with van der Waals surface area (Å²) in [7, 11) is 0. The molecule has 4 rings (SSSR count). The molecule has 0 saturated carbocycles. The third-order valence-electron chi connectivity index (χ3n) is 3.84. The molecule has 4 heteroatoms. The molecule has 3 aliphatic heterocycles. The first-order chi connectivity index (χ1) is 8.39. The smallest absolute Gasteiger partial charge is 0.142 e. The second kappa shape index (κ2) is 3.57. The Morgan fingerprint density at radius 1 is 1.35 bits per heavy atom. The molecule has 2 unspecified atom stereocenters.